The lowest BCUT2D eigenvalue weighted by Gasteiger charge is -1.93. The molecule has 0 aliphatic rings. The Hall–Kier alpha value is -0.710. The second-order valence-corrected chi connectivity index (χ2v) is 5.68. The highest BCUT2D eigenvalue weighted by molar-refractivity contribution is 7.25. The van der Waals surface area contributed by atoms with Crippen LogP contribution in [-0.4, -0.2) is 18.5 Å². The number of halogens is 1. The Morgan fingerprint density at radius 1 is 1.20 bits per heavy atom. The van der Waals surface area contributed by atoms with E-state index >= 15 is 0 Å². The Morgan fingerprint density at radius 2 is 1.87 bits per heavy atom. The average molecular weight is 258 g/mol. The number of hydrogen-bond acceptors (Lipinski definition) is 3. The van der Waals surface area contributed by atoms with Crippen molar-refractivity contribution in [2.75, 3.05) is 14.1 Å². The average Bonchev–Trinajstić information content (AvgIpc) is 2.68. The van der Waals surface area contributed by atoms with Crippen LogP contribution in [0.3, 0.4) is 0 Å². The molecule has 2 rings (SSSR count). The molecular weight excluding hydrogens is 248 g/mol. The number of nitrogens with zero attached hydrogens (tertiary/aromatic N) is 2. The van der Waals surface area contributed by atoms with Crippen LogP contribution >= 0.6 is 34.5 Å². The van der Waals surface area contributed by atoms with Crippen molar-refractivity contribution >= 4 is 34.5 Å². The van der Waals surface area contributed by atoms with Crippen LogP contribution in [0, 0.1) is 0 Å². The second kappa shape index (κ2) is 4.43. The monoisotopic (exact) mass is 257 g/mol. The Bertz CT molecular complexity index is 521. The number of benzene rings is 1. The standard InChI is InChI=1S/C10H10ClN2S2/c1-13(2)10-14-9(12-15-10)7-3-5-8(11)6-4-7/h3-6H,1-2H3/q+1. The first-order chi connectivity index (χ1) is 7.16. The van der Waals surface area contributed by atoms with E-state index in [1.165, 1.54) is 15.5 Å². The predicted molar refractivity (Wildman–Crippen MR) is 67.6 cm³/mol. The maximum absolute atomic E-state index is 5.83. The predicted octanol–water partition coefficient (Wildman–Crippen LogP) is 2.56. The van der Waals surface area contributed by atoms with Gasteiger partial charge in [-0.3, -0.25) is 0 Å². The molecule has 0 saturated heterocycles. The van der Waals surface area contributed by atoms with Gasteiger partial charge in [-0.2, -0.15) is 4.37 Å². The fraction of sp³-hybridized carbons (Fsp3) is 0.200. The molecule has 2 nitrogen and oxygen atoms in total. The molecule has 0 aliphatic heterocycles. The van der Waals surface area contributed by atoms with E-state index in [2.05, 4.69) is 8.95 Å². The van der Waals surface area contributed by atoms with E-state index in [0.29, 0.717) is 0 Å². The largest absolute Gasteiger partial charge is 0.333 e. The van der Waals surface area contributed by atoms with E-state index < -0.39 is 0 Å². The topological polar surface area (TPSA) is 15.9 Å². The van der Waals surface area contributed by atoms with Crippen LogP contribution in [0.4, 0.5) is 0 Å². The second-order valence-electron chi connectivity index (χ2n) is 3.26. The lowest BCUT2D eigenvalue weighted by atomic mass is 10.2. The van der Waals surface area contributed by atoms with Gasteiger partial charge in [0.1, 0.15) is 19.1 Å². The van der Waals surface area contributed by atoms with Crippen LogP contribution in [0.1, 0.15) is 0 Å². The van der Waals surface area contributed by atoms with Crippen molar-refractivity contribution in [1.29, 1.82) is 0 Å². The third-order valence-corrected chi connectivity index (χ3v) is 4.54. The summed E-state index contributed by atoms with van der Waals surface area (Å²) in [4.78, 5) is 0. The summed E-state index contributed by atoms with van der Waals surface area (Å²) in [7, 11) is 4.05. The minimum atomic E-state index is 0.756. The molecule has 1 aromatic heterocycles. The molecule has 0 radical (unpaired) electrons. The van der Waals surface area contributed by atoms with Gasteiger partial charge in [0.05, 0.1) is 0 Å². The number of rotatable bonds is 1. The van der Waals surface area contributed by atoms with Crippen molar-refractivity contribution in [1.82, 2.24) is 8.95 Å². The lowest BCUT2D eigenvalue weighted by Crippen LogP contribution is -2.14. The zero-order valence-electron chi connectivity index (χ0n) is 8.40. The van der Waals surface area contributed by atoms with Crippen LogP contribution in [0.25, 0.3) is 10.6 Å². The maximum Gasteiger partial charge on any atom is 0.333 e. The first-order valence-electron chi connectivity index (χ1n) is 4.40. The summed E-state index contributed by atoms with van der Waals surface area (Å²) in [6.07, 6.45) is 0. The Balaban J connectivity index is 2.46. The molecule has 0 atom stereocenters. The highest BCUT2D eigenvalue weighted by atomic mass is 35.5. The van der Waals surface area contributed by atoms with Gasteiger partial charge in [-0.1, -0.05) is 23.7 Å². The summed E-state index contributed by atoms with van der Waals surface area (Å²) in [6.45, 7) is 0. The Labute approximate surface area is 101 Å². The molecule has 5 heteroatoms. The smallest absolute Gasteiger partial charge is 0.216 e. The van der Waals surface area contributed by atoms with E-state index in [9.17, 15) is 0 Å². The van der Waals surface area contributed by atoms with Gasteiger partial charge in [0, 0.05) is 22.1 Å². The molecule has 78 valence electrons. The minimum Gasteiger partial charge on any atom is -0.216 e. The van der Waals surface area contributed by atoms with E-state index in [1.54, 1.807) is 11.3 Å². The number of aromatic nitrogens is 1. The SMILES string of the molecule is C[N+](C)=c1snc(-c2ccc(Cl)cc2)s1. The van der Waals surface area contributed by atoms with E-state index in [1.807, 2.05) is 38.4 Å². The van der Waals surface area contributed by atoms with Crippen molar-refractivity contribution in [3.8, 4) is 10.6 Å². The normalized spacial score (nSPS) is 10.3. The molecule has 0 N–H and O–H groups in total. The zero-order chi connectivity index (χ0) is 10.8. The summed E-state index contributed by atoms with van der Waals surface area (Å²) >= 11 is 9.04. The van der Waals surface area contributed by atoms with Gasteiger partial charge in [-0.05, 0) is 23.5 Å². The fourth-order valence-electron chi connectivity index (χ4n) is 1.08. The maximum atomic E-state index is 5.83. The quantitative estimate of drug-likeness (QED) is 0.717. The summed E-state index contributed by atoms with van der Waals surface area (Å²) in [5, 5.41) is 1.80. The molecule has 0 unspecified atom stereocenters. The van der Waals surface area contributed by atoms with Crippen LogP contribution in [-0.2, 0) is 0 Å². The molecule has 0 saturated carbocycles. The third-order valence-electron chi connectivity index (χ3n) is 1.85. The Kier molecular flexibility index (Phi) is 3.19. The summed E-state index contributed by atoms with van der Waals surface area (Å²) in [6, 6.07) is 7.76. The summed E-state index contributed by atoms with van der Waals surface area (Å²) < 4.78 is 7.68. The molecular formula is C10H10ClN2S2+. The third kappa shape index (κ3) is 2.45. The molecule has 15 heavy (non-hydrogen) atoms. The van der Waals surface area contributed by atoms with Crippen LogP contribution < -0.4 is 8.56 Å². The van der Waals surface area contributed by atoms with Gasteiger partial charge in [0.25, 0.3) is 0 Å². The molecule has 0 amide bonds. The van der Waals surface area contributed by atoms with Crippen LogP contribution in [0.15, 0.2) is 24.3 Å². The van der Waals surface area contributed by atoms with Gasteiger partial charge in [-0.25, -0.2) is 4.58 Å². The van der Waals surface area contributed by atoms with Crippen LogP contribution in [0.2, 0.25) is 5.02 Å². The summed E-state index contributed by atoms with van der Waals surface area (Å²) in [5.41, 5.74) is 1.12. The van der Waals surface area contributed by atoms with Crippen molar-refractivity contribution in [2.45, 2.75) is 0 Å². The molecule has 0 spiro atoms. The van der Waals surface area contributed by atoms with E-state index in [0.717, 1.165) is 15.6 Å². The van der Waals surface area contributed by atoms with Crippen molar-refractivity contribution in [3.05, 3.63) is 33.3 Å². The van der Waals surface area contributed by atoms with Gasteiger partial charge in [-0.15, -0.1) is 0 Å². The molecule has 2 aromatic rings. The highest BCUT2D eigenvalue weighted by Crippen LogP contribution is 2.22. The summed E-state index contributed by atoms with van der Waals surface area (Å²) in [5.74, 6) is 0. The number of hydrogen-bond donors (Lipinski definition) is 0. The molecule has 1 heterocycles. The van der Waals surface area contributed by atoms with Gasteiger partial charge < -0.3 is 0 Å². The molecule has 1 aromatic carbocycles. The minimum absolute atomic E-state index is 0.756. The fourth-order valence-corrected chi connectivity index (χ4v) is 2.99. The van der Waals surface area contributed by atoms with Crippen LogP contribution in [0.5, 0.6) is 0 Å². The Morgan fingerprint density at radius 3 is 2.40 bits per heavy atom. The van der Waals surface area contributed by atoms with Gasteiger partial charge in [0.2, 0.25) is 0 Å². The first kappa shape index (κ1) is 10.8. The van der Waals surface area contributed by atoms with E-state index in [-0.39, 0.29) is 0 Å². The zero-order valence-corrected chi connectivity index (χ0v) is 10.8. The van der Waals surface area contributed by atoms with Crippen molar-refractivity contribution in [2.24, 2.45) is 0 Å². The molecule has 0 aliphatic carbocycles. The highest BCUT2D eigenvalue weighted by Gasteiger charge is 2.05. The van der Waals surface area contributed by atoms with Gasteiger partial charge >= 0.3 is 3.98 Å². The first-order valence-corrected chi connectivity index (χ1v) is 6.36. The van der Waals surface area contributed by atoms with Crippen molar-refractivity contribution in [3.63, 3.8) is 0 Å². The van der Waals surface area contributed by atoms with Gasteiger partial charge in [0.15, 0.2) is 0 Å². The van der Waals surface area contributed by atoms with E-state index in [4.69, 9.17) is 11.6 Å². The lowest BCUT2D eigenvalue weighted by molar-refractivity contribution is 0.844. The molecule has 0 bridgehead atoms. The van der Waals surface area contributed by atoms with Crippen molar-refractivity contribution < 1.29 is 0 Å². The molecule has 0 fully saturated rings.